The maximum Gasteiger partial charge on any atom is 0.0586 e. The summed E-state index contributed by atoms with van der Waals surface area (Å²) in [7, 11) is 4.04. The summed E-state index contributed by atoms with van der Waals surface area (Å²) in [6, 6.07) is 0. The predicted molar refractivity (Wildman–Crippen MR) is 29.5 cm³/mol. The van der Waals surface area contributed by atoms with Gasteiger partial charge in [0, 0.05) is 19.8 Å². The molecule has 0 radical (unpaired) electrons. The minimum atomic E-state index is 1.02. The van der Waals surface area contributed by atoms with Crippen LogP contribution in [0.4, 0.5) is 0 Å². The van der Waals surface area contributed by atoms with E-state index < -0.39 is 0 Å². The van der Waals surface area contributed by atoms with E-state index in [-0.39, 0.29) is 0 Å². The molecule has 1 aliphatic heterocycles. The van der Waals surface area contributed by atoms with Crippen molar-refractivity contribution in [1.82, 2.24) is 10.0 Å². The lowest BCUT2D eigenvalue weighted by Crippen LogP contribution is -2.49. The van der Waals surface area contributed by atoms with Crippen molar-refractivity contribution in [2.24, 2.45) is 0 Å². The van der Waals surface area contributed by atoms with Crippen LogP contribution in [-0.4, -0.2) is 30.7 Å². The lowest BCUT2D eigenvalue weighted by Gasteiger charge is -2.42. The summed E-state index contributed by atoms with van der Waals surface area (Å²) in [4.78, 5) is 0. The highest BCUT2D eigenvalue weighted by molar-refractivity contribution is 5.01. The van der Waals surface area contributed by atoms with Crippen LogP contribution in [0.15, 0.2) is 12.3 Å². The van der Waals surface area contributed by atoms with E-state index in [9.17, 15) is 0 Å². The molecule has 0 aromatic carbocycles. The fourth-order valence-electron chi connectivity index (χ4n) is 0.636. The summed E-state index contributed by atoms with van der Waals surface area (Å²) in [6.07, 6.45) is 0. The molecular weight excluding hydrogens is 88.1 g/mol. The van der Waals surface area contributed by atoms with Crippen molar-refractivity contribution in [2.75, 3.05) is 20.6 Å². The van der Waals surface area contributed by atoms with Gasteiger partial charge in [0.25, 0.3) is 0 Å². The quantitative estimate of drug-likeness (QED) is 0.429. The van der Waals surface area contributed by atoms with Crippen molar-refractivity contribution >= 4 is 0 Å². The maximum absolute atomic E-state index is 3.78. The molecule has 0 aliphatic carbocycles. The lowest BCUT2D eigenvalue weighted by molar-refractivity contribution is -0.0100. The van der Waals surface area contributed by atoms with Crippen LogP contribution in [-0.2, 0) is 0 Å². The topological polar surface area (TPSA) is 6.48 Å². The zero-order chi connectivity index (χ0) is 5.44. The normalized spacial score (nSPS) is 22.6. The van der Waals surface area contributed by atoms with Gasteiger partial charge in [-0.1, -0.05) is 6.58 Å². The molecule has 1 saturated heterocycles. The molecule has 0 saturated carbocycles. The van der Waals surface area contributed by atoms with Crippen molar-refractivity contribution in [3.63, 3.8) is 0 Å². The molecule has 1 heterocycles. The zero-order valence-electron chi connectivity index (χ0n) is 4.81. The number of hydrazine groups is 1. The van der Waals surface area contributed by atoms with Gasteiger partial charge in [0.05, 0.1) is 6.54 Å². The molecule has 0 amide bonds. The van der Waals surface area contributed by atoms with E-state index in [1.165, 1.54) is 5.70 Å². The van der Waals surface area contributed by atoms with Gasteiger partial charge in [0.15, 0.2) is 0 Å². The highest BCUT2D eigenvalue weighted by atomic mass is 15.7. The molecular formula is C5H10N2. The molecule has 1 aliphatic rings. The predicted octanol–water partition coefficient (Wildman–Crippen LogP) is 0.292. The molecule has 0 unspecified atom stereocenters. The standard InChI is InChI=1S/C5H10N2/c1-5-4-6(2)7(5)3/h1,4H2,2-3H3. The van der Waals surface area contributed by atoms with Gasteiger partial charge in [-0.25, -0.2) is 5.01 Å². The summed E-state index contributed by atoms with van der Waals surface area (Å²) in [5.41, 5.74) is 1.20. The Morgan fingerprint density at radius 1 is 1.57 bits per heavy atom. The van der Waals surface area contributed by atoms with Crippen LogP contribution in [0.3, 0.4) is 0 Å². The van der Waals surface area contributed by atoms with E-state index in [1.54, 1.807) is 0 Å². The Bertz CT molecular complexity index is 98.3. The van der Waals surface area contributed by atoms with Crippen molar-refractivity contribution in [3.8, 4) is 0 Å². The molecule has 0 atom stereocenters. The van der Waals surface area contributed by atoms with Crippen molar-refractivity contribution in [1.29, 1.82) is 0 Å². The Hall–Kier alpha value is -0.500. The van der Waals surface area contributed by atoms with E-state index in [4.69, 9.17) is 0 Å². The second-order valence-electron chi connectivity index (χ2n) is 1.91. The number of rotatable bonds is 0. The summed E-state index contributed by atoms with van der Waals surface area (Å²) < 4.78 is 0. The van der Waals surface area contributed by atoms with Crippen LogP contribution in [0.2, 0.25) is 0 Å². The van der Waals surface area contributed by atoms with Gasteiger partial charge in [0.1, 0.15) is 0 Å². The van der Waals surface area contributed by atoms with Crippen LogP contribution in [0.25, 0.3) is 0 Å². The smallest absolute Gasteiger partial charge is 0.0586 e. The first-order chi connectivity index (χ1) is 3.22. The lowest BCUT2D eigenvalue weighted by atomic mass is 10.4. The van der Waals surface area contributed by atoms with E-state index in [1.807, 2.05) is 19.1 Å². The first-order valence-corrected chi connectivity index (χ1v) is 2.34. The van der Waals surface area contributed by atoms with Gasteiger partial charge < -0.3 is 5.01 Å². The molecule has 2 heteroatoms. The molecule has 1 rings (SSSR count). The Labute approximate surface area is 44.0 Å². The molecule has 0 aromatic heterocycles. The summed E-state index contributed by atoms with van der Waals surface area (Å²) >= 11 is 0. The molecule has 1 fully saturated rings. The summed E-state index contributed by atoms with van der Waals surface area (Å²) in [5.74, 6) is 0. The van der Waals surface area contributed by atoms with Crippen LogP contribution in [0, 0.1) is 0 Å². The second-order valence-corrected chi connectivity index (χ2v) is 1.91. The molecule has 0 aromatic rings. The highest BCUT2D eigenvalue weighted by Gasteiger charge is 2.18. The fourth-order valence-corrected chi connectivity index (χ4v) is 0.636. The third-order valence-corrected chi connectivity index (χ3v) is 1.38. The van der Waals surface area contributed by atoms with Crippen molar-refractivity contribution < 1.29 is 0 Å². The number of nitrogens with zero attached hydrogens (tertiary/aromatic N) is 2. The molecule has 40 valence electrons. The third-order valence-electron chi connectivity index (χ3n) is 1.38. The van der Waals surface area contributed by atoms with E-state index in [0.29, 0.717) is 0 Å². The van der Waals surface area contributed by atoms with Crippen LogP contribution in [0.1, 0.15) is 0 Å². The summed E-state index contributed by atoms with van der Waals surface area (Å²) in [6.45, 7) is 4.80. The third kappa shape index (κ3) is 0.509. The van der Waals surface area contributed by atoms with Crippen molar-refractivity contribution in [2.45, 2.75) is 0 Å². The Kier molecular flexibility index (Phi) is 0.820. The molecule has 2 nitrogen and oxygen atoms in total. The zero-order valence-corrected chi connectivity index (χ0v) is 4.81. The average Bonchev–Trinajstić information content (AvgIpc) is 1.68. The van der Waals surface area contributed by atoms with Gasteiger partial charge in [-0.2, -0.15) is 0 Å². The number of likely N-dealkylation sites (N-methyl/N-ethyl adjacent to an activating group) is 2. The Morgan fingerprint density at radius 2 is 2.14 bits per heavy atom. The largest absolute Gasteiger partial charge is 0.312 e. The van der Waals surface area contributed by atoms with Crippen LogP contribution >= 0.6 is 0 Å². The Morgan fingerprint density at radius 3 is 2.14 bits per heavy atom. The molecule has 7 heavy (non-hydrogen) atoms. The minimum Gasteiger partial charge on any atom is -0.312 e. The highest BCUT2D eigenvalue weighted by Crippen LogP contribution is 2.13. The number of hydrogen-bond donors (Lipinski definition) is 0. The fraction of sp³-hybridized carbons (Fsp3) is 0.600. The second kappa shape index (κ2) is 1.23. The van der Waals surface area contributed by atoms with Gasteiger partial charge in [-0.3, -0.25) is 0 Å². The summed E-state index contributed by atoms with van der Waals surface area (Å²) in [5, 5.41) is 4.13. The molecule has 0 spiro atoms. The maximum atomic E-state index is 3.78. The van der Waals surface area contributed by atoms with Crippen LogP contribution in [0.5, 0.6) is 0 Å². The first kappa shape index (κ1) is 4.65. The van der Waals surface area contributed by atoms with E-state index in [2.05, 4.69) is 11.6 Å². The van der Waals surface area contributed by atoms with Gasteiger partial charge in [-0.05, 0) is 0 Å². The van der Waals surface area contributed by atoms with Gasteiger partial charge >= 0.3 is 0 Å². The molecule has 0 bridgehead atoms. The van der Waals surface area contributed by atoms with E-state index >= 15 is 0 Å². The number of hydrogen-bond acceptors (Lipinski definition) is 2. The van der Waals surface area contributed by atoms with Gasteiger partial charge in [-0.15, -0.1) is 0 Å². The van der Waals surface area contributed by atoms with Crippen LogP contribution < -0.4 is 0 Å². The minimum absolute atomic E-state index is 1.02. The van der Waals surface area contributed by atoms with Gasteiger partial charge in [0.2, 0.25) is 0 Å². The SMILES string of the molecule is C=C1CN(C)N1C. The average molecular weight is 98.1 g/mol. The van der Waals surface area contributed by atoms with E-state index in [0.717, 1.165) is 6.54 Å². The monoisotopic (exact) mass is 98.1 g/mol. The molecule has 0 N–H and O–H groups in total. The van der Waals surface area contributed by atoms with Crippen molar-refractivity contribution in [3.05, 3.63) is 12.3 Å². The Balaban J connectivity index is 2.43. The first-order valence-electron chi connectivity index (χ1n) is 2.34.